The molecule has 0 saturated carbocycles. The van der Waals surface area contributed by atoms with Crippen molar-refractivity contribution in [3.63, 3.8) is 0 Å². The van der Waals surface area contributed by atoms with Crippen molar-refractivity contribution in [2.24, 2.45) is 0 Å². The number of fused-ring (bicyclic) bond motifs is 1. The van der Waals surface area contributed by atoms with E-state index in [1.54, 1.807) is 12.3 Å². The summed E-state index contributed by atoms with van der Waals surface area (Å²) in [5, 5.41) is 11.8. The number of hydrogen-bond donors (Lipinski definition) is 0. The summed E-state index contributed by atoms with van der Waals surface area (Å²) in [6.07, 6.45) is 2.46. The molecule has 0 N–H and O–H groups in total. The van der Waals surface area contributed by atoms with Crippen LogP contribution in [0.1, 0.15) is 12.5 Å². The molecule has 0 spiro atoms. The predicted octanol–water partition coefficient (Wildman–Crippen LogP) is 3.36. The van der Waals surface area contributed by atoms with Crippen molar-refractivity contribution < 1.29 is 4.92 Å². The molecule has 0 amide bonds. The largest absolute Gasteiger partial charge is 0.270 e. The van der Waals surface area contributed by atoms with E-state index in [9.17, 15) is 10.1 Å². The molecule has 0 aliphatic carbocycles. The van der Waals surface area contributed by atoms with Gasteiger partial charge in [0.2, 0.25) is 0 Å². The lowest BCUT2D eigenvalue weighted by atomic mass is 10.1. The van der Waals surface area contributed by atoms with Crippen molar-refractivity contribution in [2.45, 2.75) is 13.3 Å². The van der Waals surface area contributed by atoms with Crippen LogP contribution in [0.25, 0.3) is 10.9 Å². The first-order chi connectivity index (χ1) is 7.63. The quantitative estimate of drug-likeness (QED) is 0.593. The number of benzene rings is 1. The second kappa shape index (κ2) is 4.06. The van der Waals surface area contributed by atoms with Crippen LogP contribution in [-0.4, -0.2) is 9.91 Å². The van der Waals surface area contributed by atoms with E-state index < -0.39 is 4.92 Å². The third kappa shape index (κ3) is 1.72. The summed E-state index contributed by atoms with van der Waals surface area (Å²) < 4.78 is 0. The first-order valence-electron chi connectivity index (χ1n) is 4.85. The predicted molar refractivity (Wildman–Crippen MR) is 62.8 cm³/mol. The molecule has 0 bridgehead atoms. The minimum absolute atomic E-state index is 0.0319. The van der Waals surface area contributed by atoms with Gasteiger partial charge in [-0.1, -0.05) is 18.5 Å². The van der Waals surface area contributed by atoms with Crippen LogP contribution < -0.4 is 0 Å². The average molecular weight is 237 g/mol. The van der Waals surface area contributed by atoms with Gasteiger partial charge in [0.05, 0.1) is 15.5 Å². The van der Waals surface area contributed by atoms with E-state index in [0.717, 1.165) is 12.0 Å². The monoisotopic (exact) mass is 236 g/mol. The third-order valence-corrected chi connectivity index (χ3v) is 2.90. The number of nitrogens with zero attached hydrogens (tertiary/aromatic N) is 2. The molecule has 0 aliphatic rings. The molecular weight excluding hydrogens is 228 g/mol. The fraction of sp³-hybridized carbons (Fsp3) is 0.182. The maximum absolute atomic E-state index is 10.7. The van der Waals surface area contributed by atoms with E-state index in [1.165, 1.54) is 12.1 Å². The Kier molecular flexibility index (Phi) is 2.75. The van der Waals surface area contributed by atoms with E-state index in [0.29, 0.717) is 15.9 Å². The normalized spacial score (nSPS) is 10.6. The van der Waals surface area contributed by atoms with Crippen LogP contribution in [0.3, 0.4) is 0 Å². The molecule has 82 valence electrons. The topological polar surface area (TPSA) is 56.0 Å². The number of nitro benzene ring substituents is 1. The number of aromatic nitrogens is 1. The summed E-state index contributed by atoms with van der Waals surface area (Å²) in [4.78, 5) is 14.4. The molecular formula is C11H9ClN2O2. The lowest BCUT2D eigenvalue weighted by Gasteiger charge is -2.04. The third-order valence-electron chi connectivity index (χ3n) is 2.45. The van der Waals surface area contributed by atoms with Crippen molar-refractivity contribution in [3.05, 3.63) is 45.1 Å². The molecule has 0 saturated heterocycles. The minimum Gasteiger partial charge on any atom is -0.258 e. The SMILES string of the molecule is CCc1cnc2ccc([N+](=O)[O-])cc2c1Cl. The zero-order chi connectivity index (χ0) is 11.7. The molecule has 0 atom stereocenters. The molecule has 16 heavy (non-hydrogen) atoms. The number of halogens is 1. The smallest absolute Gasteiger partial charge is 0.258 e. The van der Waals surface area contributed by atoms with Gasteiger partial charge in [-0.05, 0) is 18.1 Å². The van der Waals surface area contributed by atoms with Crippen molar-refractivity contribution in [2.75, 3.05) is 0 Å². The van der Waals surface area contributed by atoms with Crippen LogP contribution in [0.15, 0.2) is 24.4 Å². The van der Waals surface area contributed by atoms with Crippen molar-refractivity contribution >= 4 is 28.2 Å². The molecule has 5 heteroatoms. The fourth-order valence-electron chi connectivity index (χ4n) is 1.55. The van der Waals surface area contributed by atoms with E-state index >= 15 is 0 Å². The molecule has 2 aromatic rings. The number of aryl methyl sites for hydroxylation is 1. The Bertz CT molecular complexity index is 569. The maximum atomic E-state index is 10.7. The molecule has 2 rings (SSSR count). The van der Waals surface area contributed by atoms with E-state index in [1.807, 2.05) is 6.92 Å². The van der Waals surface area contributed by atoms with Gasteiger partial charge in [0.15, 0.2) is 0 Å². The Morgan fingerprint density at radius 3 is 2.88 bits per heavy atom. The van der Waals surface area contributed by atoms with Crippen LogP contribution in [-0.2, 0) is 6.42 Å². The first-order valence-corrected chi connectivity index (χ1v) is 5.22. The highest BCUT2D eigenvalue weighted by atomic mass is 35.5. The highest BCUT2D eigenvalue weighted by Gasteiger charge is 2.10. The summed E-state index contributed by atoms with van der Waals surface area (Å²) in [5.74, 6) is 0. The van der Waals surface area contributed by atoms with Gasteiger partial charge in [-0.25, -0.2) is 0 Å². The van der Waals surface area contributed by atoms with Gasteiger partial charge in [0.1, 0.15) is 0 Å². The zero-order valence-corrected chi connectivity index (χ0v) is 9.36. The maximum Gasteiger partial charge on any atom is 0.270 e. The van der Waals surface area contributed by atoms with Crippen molar-refractivity contribution in [3.8, 4) is 0 Å². The second-order valence-corrected chi connectivity index (χ2v) is 3.79. The number of non-ortho nitro benzene ring substituents is 1. The Hall–Kier alpha value is -1.68. The molecule has 1 aromatic heterocycles. The number of rotatable bonds is 2. The Morgan fingerprint density at radius 2 is 2.25 bits per heavy atom. The number of pyridine rings is 1. The Morgan fingerprint density at radius 1 is 1.50 bits per heavy atom. The Labute approximate surface area is 97.0 Å². The first kappa shape index (κ1) is 10.8. The molecule has 1 aromatic carbocycles. The summed E-state index contributed by atoms with van der Waals surface area (Å²) in [6, 6.07) is 4.50. The van der Waals surface area contributed by atoms with Gasteiger partial charge < -0.3 is 0 Å². The van der Waals surface area contributed by atoms with Crippen molar-refractivity contribution in [1.82, 2.24) is 4.98 Å². The molecule has 1 heterocycles. The minimum atomic E-state index is -0.436. The van der Waals surface area contributed by atoms with E-state index in [-0.39, 0.29) is 5.69 Å². The average Bonchev–Trinajstić information content (AvgIpc) is 2.29. The fourth-order valence-corrected chi connectivity index (χ4v) is 1.88. The van der Waals surface area contributed by atoms with E-state index in [2.05, 4.69) is 4.98 Å². The molecule has 0 unspecified atom stereocenters. The van der Waals surface area contributed by atoms with Crippen LogP contribution in [0, 0.1) is 10.1 Å². The van der Waals surface area contributed by atoms with Gasteiger partial charge in [-0.3, -0.25) is 15.1 Å². The molecule has 0 aliphatic heterocycles. The van der Waals surface area contributed by atoms with Crippen LogP contribution >= 0.6 is 11.6 Å². The molecule has 0 fully saturated rings. The highest BCUT2D eigenvalue weighted by molar-refractivity contribution is 6.36. The molecule has 0 radical (unpaired) electrons. The molecule has 4 nitrogen and oxygen atoms in total. The van der Waals surface area contributed by atoms with Crippen LogP contribution in [0.2, 0.25) is 5.02 Å². The Balaban J connectivity index is 2.74. The van der Waals surface area contributed by atoms with Crippen LogP contribution in [0.5, 0.6) is 0 Å². The van der Waals surface area contributed by atoms with E-state index in [4.69, 9.17) is 11.6 Å². The van der Waals surface area contributed by atoms with Gasteiger partial charge >= 0.3 is 0 Å². The lowest BCUT2D eigenvalue weighted by molar-refractivity contribution is -0.384. The standard InChI is InChI=1S/C11H9ClN2O2/c1-2-7-6-13-10-4-3-8(14(15)16)5-9(10)11(7)12/h3-6H,2H2,1H3. The number of hydrogen-bond acceptors (Lipinski definition) is 3. The van der Waals surface area contributed by atoms with Gasteiger partial charge in [-0.2, -0.15) is 0 Å². The summed E-state index contributed by atoms with van der Waals surface area (Å²) in [7, 11) is 0. The summed E-state index contributed by atoms with van der Waals surface area (Å²) in [5.41, 5.74) is 1.60. The highest BCUT2D eigenvalue weighted by Crippen LogP contribution is 2.28. The second-order valence-electron chi connectivity index (χ2n) is 3.41. The van der Waals surface area contributed by atoms with Gasteiger partial charge in [0, 0.05) is 23.7 Å². The zero-order valence-electron chi connectivity index (χ0n) is 8.61. The van der Waals surface area contributed by atoms with Crippen molar-refractivity contribution in [1.29, 1.82) is 0 Å². The van der Waals surface area contributed by atoms with Gasteiger partial charge in [0.25, 0.3) is 5.69 Å². The van der Waals surface area contributed by atoms with Gasteiger partial charge in [-0.15, -0.1) is 0 Å². The van der Waals surface area contributed by atoms with Crippen LogP contribution in [0.4, 0.5) is 5.69 Å². The summed E-state index contributed by atoms with van der Waals surface area (Å²) in [6.45, 7) is 1.96. The number of nitro groups is 1. The summed E-state index contributed by atoms with van der Waals surface area (Å²) >= 11 is 6.16. The lowest BCUT2D eigenvalue weighted by Crippen LogP contribution is -1.91.